The van der Waals surface area contributed by atoms with E-state index in [2.05, 4.69) is 5.32 Å². The third-order valence-corrected chi connectivity index (χ3v) is 2.29. The third-order valence-electron chi connectivity index (χ3n) is 2.29. The van der Waals surface area contributed by atoms with Gasteiger partial charge in [-0.1, -0.05) is 0 Å². The van der Waals surface area contributed by atoms with Crippen LogP contribution >= 0.6 is 0 Å². The van der Waals surface area contributed by atoms with Crippen molar-refractivity contribution in [3.05, 3.63) is 23.8 Å². The van der Waals surface area contributed by atoms with Crippen molar-refractivity contribution in [2.45, 2.75) is 19.4 Å². The molecular formula is C12H17NO4. The van der Waals surface area contributed by atoms with Gasteiger partial charge in [-0.3, -0.25) is 4.79 Å². The summed E-state index contributed by atoms with van der Waals surface area (Å²) in [7, 11) is 1.44. The Morgan fingerprint density at radius 1 is 1.53 bits per heavy atom. The van der Waals surface area contributed by atoms with E-state index in [4.69, 9.17) is 9.84 Å². The maximum atomic E-state index is 11.6. The molecule has 1 unspecified atom stereocenters. The molecule has 0 aromatic heterocycles. The molecule has 0 spiro atoms. The highest BCUT2D eigenvalue weighted by Gasteiger charge is 2.09. The molecule has 3 N–H and O–H groups in total. The van der Waals surface area contributed by atoms with E-state index in [-0.39, 0.29) is 11.7 Å². The number of carbonyl (C=O) groups excluding carboxylic acids is 1. The average Bonchev–Trinajstić information content (AvgIpc) is 2.28. The highest BCUT2D eigenvalue weighted by atomic mass is 16.5. The van der Waals surface area contributed by atoms with E-state index in [0.717, 1.165) is 0 Å². The normalized spacial score (nSPS) is 11.9. The van der Waals surface area contributed by atoms with Crippen molar-refractivity contribution in [1.29, 1.82) is 0 Å². The first kappa shape index (κ1) is 13.3. The number of aromatic hydroxyl groups is 1. The van der Waals surface area contributed by atoms with Gasteiger partial charge in [0.1, 0.15) is 0 Å². The predicted molar refractivity (Wildman–Crippen MR) is 63.3 cm³/mol. The zero-order valence-corrected chi connectivity index (χ0v) is 9.93. The Labute approximate surface area is 100 Å². The van der Waals surface area contributed by atoms with Crippen LogP contribution in [0.4, 0.5) is 0 Å². The Kier molecular flexibility index (Phi) is 4.78. The Morgan fingerprint density at radius 2 is 2.24 bits per heavy atom. The molecule has 0 saturated heterocycles. The van der Waals surface area contributed by atoms with E-state index in [1.165, 1.54) is 19.2 Å². The number of aliphatic hydroxyl groups excluding tert-OH is 1. The van der Waals surface area contributed by atoms with Crippen molar-refractivity contribution in [3.63, 3.8) is 0 Å². The van der Waals surface area contributed by atoms with Gasteiger partial charge >= 0.3 is 0 Å². The lowest BCUT2D eigenvalue weighted by Gasteiger charge is -2.08. The van der Waals surface area contributed by atoms with Crippen LogP contribution in [0.5, 0.6) is 11.5 Å². The fourth-order valence-corrected chi connectivity index (χ4v) is 1.33. The molecule has 1 atom stereocenters. The maximum Gasteiger partial charge on any atom is 0.251 e. The molecule has 1 rings (SSSR count). The molecular weight excluding hydrogens is 222 g/mol. The molecule has 0 heterocycles. The van der Waals surface area contributed by atoms with Crippen molar-refractivity contribution in [2.24, 2.45) is 0 Å². The highest BCUT2D eigenvalue weighted by molar-refractivity contribution is 5.94. The quantitative estimate of drug-likeness (QED) is 0.713. The standard InChI is InChI=1S/C12H17NO4/c1-8(14)5-6-13-12(16)9-3-4-11(17-2)10(15)7-9/h3-4,7-8,14-15H,5-6H2,1-2H3,(H,13,16). The number of carbonyl (C=O) groups is 1. The van der Waals surface area contributed by atoms with Crippen LogP contribution < -0.4 is 10.1 Å². The molecule has 0 radical (unpaired) electrons. The first-order chi connectivity index (χ1) is 8.04. The van der Waals surface area contributed by atoms with Gasteiger partial charge in [0, 0.05) is 12.1 Å². The highest BCUT2D eigenvalue weighted by Crippen LogP contribution is 2.25. The minimum atomic E-state index is -0.445. The van der Waals surface area contributed by atoms with Crippen molar-refractivity contribution in [1.82, 2.24) is 5.32 Å². The van der Waals surface area contributed by atoms with E-state index in [1.807, 2.05) is 0 Å². The second-order valence-electron chi connectivity index (χ2n) is 3.78. The van der Waals surface area contributed by atoms with Crippen LogP contribution in [0.1, 0.15) is 23.7 Å². The predicted octanol–water partition coefficient (Wildman–Crippen LogP) is 0.901. The third kappa shape index (κ3) is 3.96. The summed E-state index contributed by atoms with van der Waals surface area (Å²) in [6, 6.07) is 4.44. The topological polar surface area (TPSA) is 78.8 Å². The van der Waals surface area contributed by atoms with Gasteiger partial charge in [-0.2, -0.15) is 0 Å². The number of benzene rings is 1. The van der Waals surface area contributed by atoms with Crippen molar-refractivity contribution >= 4 is 5.91 Å². The molecule has 0 fully saturated rings. The van der Waals surface area contributed by atoms with E-state index in [9.17, 15) is 9.90 Å². The number of hydrogen-bond donors (Lipinski definition) is 3. The minimum Gasteiger partial charge on any atom is -0.504 e. The van der Waals surface area contributed by atoms with Crippen molar-refractivity contribution in [3.8, 4) is 11.5 Å². The zero-order valence-electron chi connectivity index (χ0n) is 9.93. The number of rotatable bonds is 5. The number of hydrogen-bond acceptors (Lipinski definition) is 4. The first-order valence-electron chi connectivity index (χ1n) is 5.38. The summed E-state index contributed by atoms with van der Waals surface area (Å²) >= 11 is 0. The van der Waals surface area contributed by atoms with Gasteiger partial charge in [0.05, 0.1) is 13.2 Å². The van der Waals surface area contributed by atoms with Gasteiger partial charge in [-0.05, 0) is 31.5 Å². The van der Waals surface area contributed by atoms with Crippen LogP contribution in [0.25, 0.3) is 0 Å². The van der Waals surface area contributed by atoms with Gasteiger partial charge in [0.2, 0.25) is 0 Å². The Balaban J connectivity index is 2.60. The molecule has 94 valence electrons. The lowest BCUT2D eigenvalue weighted by Crippen LogP contribution is -2.26. The van der Waals surface area contributed by atoms with E-state index in [0.29, 0.717) is 24.3 Å². The van der Waals surface area contributed by atoms with Crippen LogP contribution in [0.15, 0.2) is 18.2 Å². The van der Waals surface area contributed by atoms with Gasteiger partial charge in [0.15, 0.2) is 11.5 Å². The Morgan fingerprint density at radius 3 is 2.76 bits per heavy atom. The fraction of sp³-hybridized carbons (Fsp3) is 0.417. The Hall–Kier alpha value is -1.75. The van der Waals surface area contributed by atoms with Crippen LogP contribution in [0.2, 0.25) is 0 Å². The Bertz CT molecular complexity index is 390. The minimum absolute atomic E-state index is 0.0734. The molecule has 5 nitrogen and oxygen atoms in total. The summed E-state index contributed by atoms with van der Waals surface area (Å²) in [5.74, 6) is -0.0372. The number of ether oxygens (including phenoxy) is 1. The smallest absolute Gasteiger partial charge is 0.251 e. The van der Waals surface area contributed by atoms with E-state index < -0.39 is 6.10 Å². The number of phenolic OH excluding ortho intramolecular Hbond substituents is 1. The summed E-state index contributed by atoms with van der Waals surface area (Å²) in [4.78, 5) is 11.6. The maximum absolute atomic E-state index is 11.6. The summed E-state index contributed by atoms with van der Waals surface area (Å²) in [5, 5.41) is 21.2. The lowest BCUT2D eigenvalue weighted by molar-refractivity contribution is 0.0945. The summed E-state index contributed by atoms with van der Waals surface area (Å²) < 4.78 is 4.88. The van der Waals surface area contributed by atoms with Crippen LogP contribution in [-0.2, 0) is 0 Å². The van der Waals surface area contributed by atoms with E-state index in [1.54, 1.807) is 13.0 Å². The first-order valence-corrected chi connectivity index (χ1v) is 5.38. The van der Waals surface area contributed by atoms with Gasteiger partial charge in [-0.25, -0.2) is 0 Å². The van der Waals surface area contributed by atoms with Crippen molar-refractivity contribution in [2.75, 3.05) is 13.7 Å². The molecule has 1 aromatic rings. The second kappa shape index (κ2) is 6.10. The van der Waals surface area contributed by atoms with Crippen LogP contribution in [0, 0.1) is 0 Å². The molecule has 0 aliphatic carbocycles. The summed E-state index contributed by atoms with van der Waals surface area (Å²) in [6.07, 6.45) is 0.0491. The largest absolute Gasteiger partial charge is 0.504 e. The summed E-state index contributed by atoms with van der Waals surface area (Å²) in [6.45, 7) is 2.05. The van der Waals surface area contributed by atoms with Crippen LogP contribution in [0.3, 0.4) is 0 Å². The van der Waals surface area contributed by atoms with Crippen LogP contribution in [-0.4, -0.2) is 35.9 Å². The molecule has 0 bridgehead atoms. The number of phenols is 1. The number of methoxy groups -OCH3 is 1. The zero-order chi connectivity index (χ0) is 12.8. The SMILES string of the molecule is COc1ccc(C(=O)NCCC(C)O)cc1O. The molecule has 1 amide bonds. The fourth-order valence-electron chi connectivity index (χ4n) is 1.33. The average molecular weight is 239 g/mol. The van der Waals surface area contributed by atoms with Gasteiger partial charge < -0.3 is 20.3 Å². The number of nitrogens with one attached hydrogen (secondary N) is 1. The number of aliphatic hydroxyl groups is 1. The lowest BCUT2D eigenvalue weighted by atomic mass is 10.2. The van der Waals surface area contributed by atoms with Crippen molar-refractivity contribution < 1.29 is 19.7 Å². The van der Waals surface area contributed by atoms with E-state index >= 15 is 0 Å². The summed E-state index contributed by atoms with van der Waals surface area (Å²) in [5.41, 5.74) is 0.355. The second-order valence-corrected chi connectivity index (χ2v) is 3.78. The molecule has 17 heavy (non-hydrogen) atoms. The molecule has 1 aromatic carbocycles. The number of amides is 1. The monoisotopic (exact) mass is 239 g/mol. The van der Waals surface area contributed by atoms with Gasteiger partial charge in [0.25, 0.3) is 5.91 Å². The molecule has 5 heteroatoms. The van der Waals surface area contributed by atoms with Gasteiger partial charge in [-0.15, -0.1) is 0 Å². The molecule has 0 aliphatic heterocycles. The molecule has 0 saturated carbocycles. The molecule has 0 aliphatic rings.